The molecule has 2 heterocycles. The molecule has 0 aromatic heterocycles. The van der Waals surface area contributed by atoms with Crippen molar-refractivity contribution < 1.29 is 9.50 Å². The molecule has 0 aliphatic carbocycles. The SMILES string of the molecule is OC1(CCc2ccccc2F)CC2CCC(C1)N2Cc1ccccc1. The van der Waals surface area contributed by atoms with Gasteiger partial charge in [0.2, 0.25) is 0 Å². The number of benzene rings is 2. The molecule has 1 N–H and O–H groups in total. The standard InChI is InChI=1S/C22H26FNO/c23-21-9-5-4-8-18(21)12-13-22(25)14-19-10-11-20(15-22)24(19)16-17-6-2-1-3-7-17/h1-9,19-20,25H,10-16H2. The van der Waals surface area contributed by atoms with E-state index in [2.05, 4.69) is 35.2 Å². The fourth-order valence-electron chi connectivity index (χ4n) is 4.74. The Morgan fingerprint density at radius 3 is 2.28 bits per heavy atom. The highest BCUT2D eigenvalue weighted by atomic mass is 19.1. The van der Waals surface area contributed by atoms with Crippen LogP contribution in [0.4, 0.5) is 4.39 Å². The van der Waals surface area contributed by atoms with E-state index in [0.717, 1.165) is 24.9 Å². The zero-order chi connectivity index (χ0) is 17.3. The van der Waals surface area contributed by atoms with Crippen molar-refractivity contribution in [2.45, 2.75) is 62.8 Å². The van der Waals surface area contributed by atoms with Crippen LogP contribution in [-0.4, -0.2) is 27.7 Å². The highest BCUT2D eigenvalue weighted by molar-refractivity contribution is 5.19. The minimum atomic E-state index is -0.651. The molecule has 0 saturated carbocycles. The summed E-state index contributed by atoms with van der Waals surface area (Å²) in [6.07, 6.45) is 5.22. The van der Waals surface area contributed by atoms with E-state index < -0.39 is 5.60 Å². The number of fused-ring (bicyclic) bond motifs is 2. The molecule has 0 radical (unpaired) electrons. The summed E-state index contributed by atoms with van der Waals surface area (Å²) in [5.41, 5.74) is 1.41. The van der Waals surface area contributed by atoms with Crippen LogP contribution in [0.2, 0.25) is 0 Å². The van der Waals surface area contributed by atoms with Crippen LogP contribution in [0.1, 0.15) is 43.2 Å². The molecule has 2 unspecified atom stereocenters. The van der Waals surface area contributed by atoms with Crippen LogP contribution in [-0.2, 0) is 13.0 Å². The molecule has 2 saturated heterocycles. The zero-order valence-electron chi connectivity index (χ0n) is 14.6. The van der Waals surface area contributed by atoms with Crippen molar-refractivity contribution in [3.05, 3.63) is 71.5 Å². The molecule has 2 aliphatic heterocycles. The molecular weight excluding hydrogens is 313 g/mol. The van der Waals surface area contributed by atoms with Gasteiger partial charge in [-0.3, -0.25) is 4.90 Å². The lowest BCUT2D eigenvalue weighted by Gasteiger charge is -2.44. The molecule has 4 rings (SSSR count). The summed E-state index contributed by atoms with van der Waals surface area (Å²) >= 11 is 0. The minimum Gasteiger partial charge on any atom is -0.390 e. The third-order valence-corrected chi connectivity index (χ3v) is 6.03. The van der Waals surface area contributed by atoms with E-state index in [1.54, 1.807) is 6.07 Å². The van der Waals surface area contributed by atoms with Crippen LogP contribution in [0.15, 0.2) is 54.6 Å². The summed E-state index contributed by atoms with van der Waals surface area (Å²) in [5.74, 6) is -0.157. The van der Waals surface area contributed by atoms with Gasteiger partial charge in [0.25, 0.3) is 0 Å². The molecule has 25 heavy (non-hydrogen) atoms. The zero-order valence-corrected chi connectivity index (χ0v) is 14.6. The van der Waals surface area contributed by atoms with Crippen LogP contribution < -0.4 is 0 Å². The molecule has 2 bridgehead atoms. The first kappa shape index (κ1) is 16.7. The van der Waals surface area contributed by atoms with Gasteiger partial charge in [-0.05, 0) is 55.7 Å². The lowest BCUT2D eigenvalue weighted by Crippen LogP contribution is -2.50. The Kier molecular flexibility index (Phi) is 4.61. The van der Waals surface area contributed by atoms with Gasteiger partial charge in [-0.15, -0.1) is 0 Å². The van der Waals surface area contributed by atoms with Gasteiger partial charge in [-0.25, -0.2) is 4.39 Å². The summed E-state index contributed by atoms with van der Waals surface area (Å²) in [5, 5.41) is 11.1. The van der Waals surface area contributed by atoms with Crippen LogP contribution >= 0.6 is 0 Å². The van der Waals surface area contributed by atoms with E-state index in [-0.39, 0.29) is 5.82 Å². The Morgan fingerprint density at radius 2 is 1.60 bits per heavy atom. The highest BCUT2D eigenvalue weighted by Gasteiger charge is 2.46. The second-order valence-electron chi connectivity index (χ2n) is 7.77. The van der Waals surface area contributed by atoms with Gasteiger partial charge in [-0.2, -0.15) is 0 Å². The van der Waals surface area contributed by atoms with Crippen molar-refractivity contribution in [1.29, 1.82) is 0 Å². The Hall–Kier alpha value is -1.71. The van der Waals surface area contributed by atoms with Crippen molar-refractivity contribution in [3.63, 3.8) is 0 Å². The maximum absolute atomic E-state index is 13.8. The maximum Gasteiger partial charge on any atom is 0.126 e. The van der Waals surface area contributed by atoms with E-state index in [0.29, 0.717) is 24.9 Å². The van der Waals surface area contributed by atoms with E-state index in [4.69, 9.17) is 0 Å². The number of piperidine rings is 1. The number of halogens is 1. The number of rotatable bonds is 5. The third kappa shape index (κ3) is 3.63. The summed E-state index contributed by atoms with van der Waals surface area (Å²) < 4.78 is 13.8. The monoisotopic (exact) mass is 339 g/mol. The summed E-state index contributed by atoms with van der Waals surface area (Å²) in [4.78, 5) is 2.58. The predicted octanol–water partition coefficient (Wildman–Crippen LogP) is 4.32. The number of hydrogen-bond donors (Lipinski definition) is 1. The fraction of sp³-hybridized carbons (Fsp3) is 0.455. The van der Waals surface area contributed by atoms with Crippen molar-refractivity contribution in [1.82, 2.24) is 4.90 Å². The van der Waals surface area contributed by atoms with Gasteiger partial charge in [0.05, 0.1) is 5.60 Å². The van der Waals surface area contributed by atoms with E-state index >= 15 is 0 Å². The predicted molar refractivity (Wildman–Crippen MR) is 97.7 cm³/mol. The van der Waals surface area contributed by atoms with Gasteiger partial charge < -0.3 is 5.11 Å². The molecular formula is C22H26FNO. The molecule has 2 atom stereocenters. The van der Waals surface area contributed by atoms with Crippen molar-refractivity contribution in [2.24, 2.45) is 0 Å². The van der Waals surface area contributed by atoms with Crippen LogP contribution in [0, 0.1) is 5.82 Å². The third-order valence-electron chi connectivity index (χ3n) is 6.03. The smallest absolute Gasteiger partial charge is 0.126 e. The Labute approximate surface area is 149 Å². The molecule has 3 heteroatoms. The topological polar surface area (TPSA) is 23.5 Å². The normalized spacial score (nSPS) is 29.0. The summed E-state index contributed by atoms with van der Waals surface area (Å²) in [7, 11) is 0. The van der Waals surface area contributed by atoms with Crippen LogP contribution in [0.5, 0.6) is 0 Å². The Morgan fingerprint density at radius 1 is 0.960 bits per heavy atom. The van der Waals surface area contributed by atoms with Gasteiger partial charge in [0.1, 0.15) is 5.82 Å². The molecule has 0 amide bonds. The molecule has 2 aromatic carbocycles. The van der Waals surface area contributed by atoms with E-state index in [1.165, 1.54) is 24.5 Å². The molecule has 2 fully saturated rings. The Bertz CT molecular complexity index is 703. The number of aryl methyl sites for hydroxylation is 1. The summed E-state index contributed by atoms with van der Waals surface area (Å²) in [6, 6.07) is 18.4. The lowest BCUT2D eigenvalue weighted by molar-refractivity contribution is -0.0596. The quantitative estimate of drug-likeness (QED) is 0.877. The van der Waals surface area contributed by atoms with Crippen molar-refractivity contribution in [3.8, 4) is 0 Å². The number of nitrogens with zero attached hydrogens (tertiary/aromatic N) is 1. The molecule has 132 valence electrons. The first-order chi connectivity index (χ1) is 12.1. The molecule has 2 aliphatic rings. The fourth-order valence-corrected chi connectivity index (χ4v) is 4.74. The van der Waals surface area contributed by atoms with Gasteiger partial charge in [0, 0.05) is 18.6 Å². The average Bonchev–Trinajstić information content (AvgIpc) is 2.86. The first-order valence-corrected chi connectivity index (χ1v) is 9.38. The highest BCUT2D eigenvalue weighted by Crippen LogP contribution is 2.43. The average molecular weight is 339 g/mol. The van der Waals surface area contributed by atoms with Gasteiger partial charge in [0.15, 0.2) is 0 Å². The minimum absolute atomic E-state index is 0.157. The van der Waals surface area contributed by atoms with E-state index in [1.807, 2.05) is 12.1 Å². The second-order valence-corrected chi connectivity index (χ2v) is 7.77. The molecule has 2 aromatic rings. The summed E-state index contributed by atoms with van der Waals surface area (Å²) in [6.45, 7) is 0.972. The maximum atomic E-state index is 13.8. The molecule has 0 spiro atoms. The second kappa shape index (κ2) is 6.89. The number of aliphatic hydroxyl groups is 1. The Balaban J connectivity index is 1.41. The van der Waals surface area contributed by atoms with Gasteiger partial charge >= 0.3 is 0 Å². The van der Waals surface area contributed by atoms with Crippen LogP contribution in [0.25, 0.3) is 0 Å². The van der Waals surface area contributed by atoms with Crippen LogP contribution in [0.3, 0.4) is 0 Å². The van der Waals surface area contributed by atoms with Gasteiger partial charge in [-0.1, -0.05) is 48.5 Å². The first-order valence-electron chi connectivity index (χ1n) is 9.38. The van der Waals surface area contributed by atoms with Crippen molar-refractivity contribution >= 4 is 0 Å². The van der Waals surface area contributed by atoms with Crippen molar-refractivity contribution in [2.75, 3.05) is 0 Å². The lowest BCUT2D eigenvalue weighted by atomic mass is 9.81. The number of hydrogen-bond acceptors (Lipinski definition) is 2. The van der Waals surface area contributed by atoms with E-state index in [9.17, 15) is 9.50 Å². The molecule has 2 nitrogen and oxygen atoms in total. The largest absolute Gasteiger partial charge is 0.390 e.